The van der Waals surface area contributed by atoms with Crippen LogP contribution in [0.4, 0.5) is 13.2 Å². The van der Waals surface area contributed by atoms with Gasteiger partial charge in [-0.15, -0.1) is 34.4 Å². The van der Waals surface area contributed by atoms with Gasteiger partial charge in [-0.3, -0.25) is 19.3 Å². The van der Waals surface area contributed by atoms with Crippen molar-refractivity contribution in [1.82, 2.24) is 10.2 Å². The van der Waals surface area contributed by atoms with Gasteiger partial charge in [0.1, 0.15) is 17.1 Å². The van der Waals surface area contributed by atoms with E-state index in [0.717, 1.165) is 51.1 Å². The third-order valence-electron chi connectivity index (χ3n) is 5.92. The van der Waals surface area contributed by atoms with Crippen LogP contribution < -0.4 is 10.7 Å². The van der Waals surface area contributed by atoms with Crippen LogP contribution in [0.25, 0.3) is 10.1 Å². The van der Waals surface area contributed by atoms with Crippen LogP contribution in [0.3, 0.4) is 0 Å². The summed E-state index contributed by atoms with van der Waals surface area (Å²) in [6.45, 7) is 0. The van der Waals surface area contributed by atoms with Crippen molar-refractivity contribution < 1.29 is 32.7 Å². The Bertz CT molecular complexity index is 1600. The Balaban J connectivity index is 1.31. The maximum absolute atomic E-state index is 13.1. The van der Waals surface area contributed by atoms with Crippen molar-refractivity contribution in [3.8, 4) is 0 Å². The fraction of sp³-hybridized carbons (Fsp3) is 0.200. The first kappa shape index (κ1) is 27.5. The zero-order valence-electron chi connectivity index (χ0n) is 19.6. The van der Waals surface area contributed by atoms with Crippen LogP contribution in [0, 0.1) is 0 Å². The van der Waals surface area contributed by atoms with Gasteiger partial charge in [-0.2, -0.15) is 13.2 Å². The number of β-lactam (4-membered cyclic amide) rings is 1. The molecule has 0 aliphatic carbocycles. The van der Waals surface area contributed by atoms with Crippen molar-refractivity contribution in [3.05, 3.63) is 85.2 Å². The molecule has 4 heterocycles. The number of rotatable bonds is 7. The predicted octanol–water partition coefficient (Wildman–Crippen LogP) is 4.93. The highest BCUT2D eigenvalue weighted by atomic mass is 32.2. The number of carboxylic acid groups (broad SMARTS) is 1. The van der Waals surface area contributed by atoms with E-state index in [4.69, 9.17) is 0 Å². The molecule has 1 aromatic carbocycles. The number of hydrogen-bond donors (Lipinski definition) is 2. The first-order valence-corrected chi connectivity index (χ1v) is 14.9. The average Bonchev–Trinajstić information content (AvgIpc) is 3.39. The molecule has 202 valence electrons. The summed E-state index contributed by atoms with van der Waals surface area (Å²) in [6.07, 6.45) is -2.89. The Kier molecular flexibility index (Phi) is 7.64. The summed E-state index contributed by atoms with van der Waals surface area (Å²) in [5.74, 6) is -1.88. The van der Waals surface area contributed by atoms with E-state index in [1.54, 1.807) is 0 Å². The summed E-state index contributed by atoms with van der Waals surface area (Å²) < 4.78 is 39.9. The molecule has 0 radical (unpaired) electrons. The molecule has 2 N–H and O–H groups in total. The molecule has 1 unspecified atom stereocenters. The minimum atomic E-state index is -4.54. The van der Waals surface area contributed by atoms with Crippen LogP contribution in [0.15, 0.2) is 73.5 Å². The van der Waals surface area contributed by atoms with Crippen molar-refractivity contribution in [2.24, 2.45) is 0 Å². The second kappa shape index (κ2) is 10.8. The number of aliphatic carboxylic acids is 1. The quantitative estimate of drug-likeness (QED) is 0.289. The number of amides is 2. The third-order valence-corrected chi connectivity index (χ3v) is 10.1. The SMILES string of the molecule is O=C(Cc1cccs1)NC1C(=O)N2C(C(=O)O)=C(/C=C/Sc3cc(=O)c4ccc(C(F)(F)F)cc4s3)CS[C@H]12. The first-order chi connectivity index (χ1) is 18.5. The largest absolute Gasteiger partial charge is 0.477 e. The number of allylic oxidation sites excluding steroid dienone is 1. The van der Waals surface area contributed by atoms with Gasteiger partial charge in [-0.05, 0) is 46.7 Å². The van der Waals surface area contributed by atoms with Gasteiger partial charge in [0.15, 0.2) is 5.43 Å². The highest BCUT2D eigenvalue weighted by molar-refractivity contribution is 8.04. The Labute approximate surface area is 235 Å². The standard InChI is InChI=1S/C25H17F3N2O5S4/c26-25(27,28)13-3-4-15-16(31)10-19(39-17(15)8-13)37-7-5-12-11-38-23-20(22(33)30(23)21(12)24(34)35)29-18(32)9-14-2-1-6-36-14/h1-8,10,20,23H,9,11H2,(H,29,32)(H,34,35)/b7-5+/t20?,23-/m1/s1. The van der Waals surface area contributed by atoms with Crippen molar-refractivity contribution in [2.45, 2.75) is 28.2 Å². The second-order valence-corrected chi connectivity index (χ2v) is 12.9. The zero-order chi connectivity index (χ0) is 27.9. The van der Waals surface area contributed by atoms with Gasteiger partial charge >= 0.3 is 12.1 Å². The summed E-state index contributed by atoms with van der Waals surface area (Å²) in [7, 11) is 0. The topological polar surface area (TPSA) is 104 Å². The second-order valence-electron chi connectivity index (χ2n) is 8.45. The number of thiophene rings is 1. The molecule has 2 amide bonds. The maximum Gasteiger partial charge on any atom is 0.416 e. The van der Waals surface area contributed by atoms with E-state index in [9.17, 15) is 37.5 Å². The molecule has 2 aliphatic heterocycles. The number of thioether (sulfide) groups is 2. The summed E-state index contributed by atoms with van der Waals surface area (Å²) >= 11 is 4.82. The molecule has 0 saturated carbocycles. The Morgan fingerprint density at radius 3 is 2.69 bits per heavy atom. The number of nitrogens with zero attached hydrogens (tertiary/aromatic N) is 1. The monoisotopic (exact) mass is 610 g/mol. The normalized spacial score (nSPS) is 19.4. The summed E-state index contributed by atoms with van der Waals surface area (Å²) in [4.78, 5) is 51.6. The van der Waals surface area contributed by atoms with Gasteiger partial charge in [-0.25, -0.2) is 4.79 Å². The van der Waals surface area contributed by atoms with Crippen LogP contribution in [-0.2, 0) is 27.0 Å². The Morgan fingerprint density at radius 1 is 1.21 bits per heavy atom. The number of carbonyl (C=O) groups is 3. The highest BCUT2D eigenvalue weighted by Crippen LogP contribution is 2.41. The first-order valence-electron chi connectivity index (χ1n) is 11.2. The molecular weight excluding hydrogens is 594 g/mol. The van der Waals surface area contributed by atoms with Gasteiger partial charge in [0.2, 0.25) is 5.91 Å². The predicted molar refractivity (Wildman–Crippen MR) is 146 cm³/mol. The molecule has 3 aromatic rings. The molecule has 7 nitrogen and oxygen atoms in total. The molecule has 2 aliphatic rings. The van der Waals surface area contributed by atoms with E-state index in [0.29, 0.717) is 9.78 Å². The lowest BCUT2D eigenvalue weighted by atomic mass is 10.0. The minimum absolute atomic E-state index is 0.129. The van der Waals surface area contributed by atoms with Crippen molar-refractivity contribution in [1.29, 1.82) is 0 Å². The number of hydrogen-bond acceptors (Lipinski definition) is 8. The van der Waals surface area contributed by atoms with Crippen LogP contribution >= 0.6 is 46.2 Å². The summed E-state index contributed by atoms with van der Waals surface area (Å²) in [5, 5.41) is 15.5. The number of carboxylic acids is 1. The van der Waals surface area contributed by atoms with Gasteiger partial charge in [0, 0.05) is 26.8 Å². The number of halogens is 3. The number of nitrogens with one attached hydrogen (secondary N) is 1. The lowest BCUT2D eigenvalue weighted by molar-refractivity contribution is -0.150. The molecule has 39 heavy (non-hydrogen) atoms. The van der Waals surface area contributed by atoms with E-state index in [2.05, 4.69) is 5.32 Å². The number of benzene rings is 1. The van der Waals surface area contributed by atoms with E-state index in [1.807, 2.05) is 17.5 Å². The van der Waals surface area contributed by atoms with E-state index < -0.39 is 40.5 Å². The summed E-state index contributed by atoms with van der Waals surface area (Å²) in [5.41, 5.74) is -1.10. The van der Waals surface area contributed by atoms with Crippen LogP contribution in [0.1, 0.15) is 10.4 Å². The number of carbonyl (C=O) groups excluding carboxylic acids is 2. The fourth-order valence-electron chi connectivity index (χ4n) is 4.12. The van der Waals surface area contributed by atoms with Gasteiger partial charge in [-0.1, -0.05) is 17.8 Å². The average molecular weight is 611 g/mol. The van der Waals surface area contributed by atoms with Crippen LogP contribution in [-0.4, -0.2) is 45.0 Å². The van der Waals surface area contributed by atoms with Crippen LogP contribution in [0.2, 0.25) is 0 Å². The van der Waals surface area contributed by atoms with Gasteiger partial charge in [0.05, 0.1) is 16.2 Å². The molecule has 0 bridgehead atoms. The van der Waals surface area contributed by atoms with Gasteiger partial charge < -0.3 is 10.4 Å². The van der Waals surface area contributed by atoms with E-state index in [1.165, 1.54) is 40.6 Å². The molecule has 5 rings (SSSR count). The summed E-state index contributed by atoms with van der Waals surface area (Å²) in [6, 6.07) is 7.08. The number of fused-ring (bicyclic) bond motifs is 2. The molecule has 0 spiro atoms. The van der Waals surface area contributed by atoms with Crippen molar-refractivity contribution in [2.75, 3.05) is 5.75 Å². The lowest BCUT2D eigenvalue weighted by Gasteiger charge is -2.49. The Hall–Kier alpha value is -3.07. The smallest absolute Gasteiger partial charge is 0.416 e. The highest BCUT2D eigenvalue weighted by Gasteiger charge is 2.53. The van der Waals surface area contributed by atoms with Crippen molar-refractivity contribution >= 4 is 74.1 Å². The van der Waals surface area contributed by atoms with Gasteiger partial charge in [0.25, 0.3) is 5.91 Å². The minimum Gasteiger partial charge on any atom is -0.477 e. The van der Waals surface area contributed by atoms with Crippen LogP contribution in [0.5, 0.6) is 0 Å². The number of alkyl halides is 3. The Morgan fingerprint density at radius 2 is 2.00 bits per heavy atom. The van der Waals surface area contributed by atoms with Crippen molar-refractivity contribution in [3.63, 3.8) is 0 Å². The lowest BCUT2D eigenvalue weighted by Crippen LogP contribution is -2.70. The molecular formula is C25H17F3N2O5S4. The molecule has 1 saturated heterocycles. The zero-order valence-corrected chi connectivity index (χ0v) is 22.8. The molecule has 1 fully saturated rings. The van der Waals surface area contributed by atoms with E-state index in [-0.39, 0.29) is 33.9 Å². The van der Waals surface area contributed by atoms with E-state index >= 15 is 0 Å². The maximum atomic E-state index is 13.1. The molecule has 2 atom stereocenters. The molecule has 2 aromatic heterocycles. The molecule has 14 heteroatoms. The third kappa shape index (κ3) is 5.64. The fourth-order valence-corrected chi connectivity index (χ4v) is 8.16.